The minimum atomic E-state index is -0.0956. The minimum Gasteiger partial charge on any atom is -0.497 e. The van der Waals surface area contributed by atoms with E-state index >= 15 is 0 Å². The fraction of sp³-hybridized carbons (Fsp3) is 0.118. The second-order valence-corrected chi connectivity index (χ2v) is 8.10. The van der Waals surface area contributed by atoms with Gasteiger partial charge < -0.3 is 15.4 Å². The van der Waals surface area contributed by atoms with Gasteiger partial charge in [-0.25, -0.2) is 0 Å². The zero-order valence-electron chi connectivity index (χ0n) is 13.7. The lowest BCUT2D eigenvalue weighted by Crippen LogP contribution is -2.14. The van der Waals surface area contributed by atoms with Crippen LogP contribution in [0.1, 0.15) is 0 Å². The van der Waals surface area contributed by atoms with Gasteiger partial charge in [-0.2, -0.15) is 0 Å². The first-order valence-corrected chi connectivity index (χ1v) is 10.2. The van der Waals surface area contributed by atoms with Crippen LogP contribution in [0.25, 0.3) is 0 Å². The summed E-state index contributed by atoms with van der Waals surface area (Å²) in [7, 11) is 1.63. The molecular formula is C17H15BrN4O2S2. The average molecular weight is 451 g/mol. The van der Waals surface area contributed by atoms with Gasteiger partial charge in [0.25, 0.3) is 0 Å². The first-order valence-electron chi connectivity index (χ1n) is 7.56. The maximum atomic E-state index is 12.1. The Labute approximate surface area is 167 Å². The van der Waals surface area contributed by atoms with Crippen molar-refractivity contribution in [1.82, 2.24) is 10.2 Å². The third-order valence-electron chi connectivity index (χ3n) is 3.22. The average Bonchev–Trinajstić information content (AvgIpc) is 3.10. The fourth-order valence-corrected chi connectivity index (χ4v) is 3.95. The van der Waals surface area contributed by atoms with E-state index < -0.39 is 0 Å². The molecule has 0 fully saturated rings. The van der Waals surface area contributed by atoms with Crippen LogP contribution in [0.4, 0.5) is 16.5 Å². The third-order valence-corrected chi connectivity index (χ3v) is 5.89. The molecule has 0 saturated heterocycles. The number of anilines is 3. The van der Waals surface area contributed by atoms with Gasteiger partial charge in [-0.15, -0.1) is 10.2 Å². The number of nitrogens with zero attached hydrogens (tertiary/aromatic N) is 2. The lowest BCUT2D eigenvalue weighted by molar-refractivity contribution is -0.113. The summed E-state index contributed by atoms with van der Waals surface area (Å²) in [5.41, 5.74) is 1.64. The van der Waals surface area contributed by atoms with Crippen LogP contribution in [0.2, 0.25) is 0 Å². The van der Waals surface area contributed by atoms with Crippen molar-refractivity contribution in [3.8, 4) is 5.75 Å². The second kappa shape index (κ2) is 9.02. The van der Waals surface area contributed by atoms with E-state index in [4.69, 9.17) is 4.74 Å². The van der Waals surface area contributed by atoms with E-state index in [1.807, 2.05) is 48.5 Å². The summed E-state index contributed by atoms with van der Waals surface area (Å²) in [4.78, 5) is 12.1. The number of aromatic nitrogens is 2. The monoisotopic (exact) mass is 450 g/mol. The lowest BCUT2D eigenvalue weighted by atomic mass is 10.3. The summed E-state index contributed by atoms with van der Waals surface area (Å²) in [6.07, 6.45) is 0. The molecule has 1 heterocycles. The quantitative estimate of drug-likeness (QED) is 0.504. The smallest absolute Gasteiger partial charge is 0.234 e. The molecule has 0 spiro atoms. The molecule has 134 valence electrons. The van der Waals surface area contributed by atoms with E-state index in [9.17, 15) is 4.79 Å². The molecule has 0 atom stereocenters. The number of carbonyl (C=O) groups excluding carboxylic acids is 1. The molecule has 9 heteroatoms. The summed E-state index contributed by atoms with van der Waals surface area (Å²) >= 11 is 6.15. The molecule has 3 aromatic rings. The van der Waals surface area contributed by atoms with Crippen LogP contribution in [0.3, 0.4) is 0 Å². The molecule has 3 rings (SSSR count). The minimum absolute atomic E-state index is 0.0956. The fourth-order valence-electron chi connectivity index (χ4n) is 1.99. The predicted octanol–water partition coefficient (Wildman–Crippen LogP) is 4.78. The number of benzene rings is 2. The molecule has 0 saturated carbocycles. The van der Waals surface area contributed by atoms with Crippen molar-refractivity contribution in [2.75, 3.05) is 23.5 Å². The Morgan fingerprint density at radius 1 is 1.19 bits per heavy atom. The number of halogens is 1. The van der Waals surface area contributed by atoms with Crippen LogP contribution in [0.5, 0.6) is 5.75 Å². The van der Waals surface area contributed by atoms with E-state index in [0.29, 0.717) is 5.13 Å². The molecule has 1 aromatic heterocycles. The number of hydrogen-bond acceptors (Lipinski definition) is 7. The molecule has 6 nitrogen and oxygen atoms in total. The van der Waals surface area contributed by atoms with Gasteiger partial charge in [0.1, 0.15) is 5.75 Å². The van der Waals surface area contributed by atoms with Crippen LogP contribution in [0, 0.1) is 0 Å². The molecular weight excluding hydrogens is 436 g/mol. The van der Waals surface area contributed by atoms with Gasteiger partial charge in [0.2, 0.25) is 11.0 Å². The summed E-state index contributed by atoms with van der Waals surface area (Å²) in [6, 6.07) is 15.0. The maximum Gasteiger partial charge on any atom is 0.234 e. The molecule has 26 heavy (non-hydrogen) atoms. The zero-order chi connectivity index (χ0) is 18.4. The Balaban J connectivity index is 1.51. The number of para-hydroxylation sites is 1. The van der Waals surface area contributed by atoms with Crippen LogP contribution < -0.4 is 15.4 Å². The van der Waals surface area contributed by atoms with Crippen molar-refractivity contribution in [2.45, 2.75) is 4.34 Å². The second-order valence-electron chi connectivity index (χ2n) is 5.04. The van der Waals surface area contributed by atoms with Crippen LogP contribution in [-0.4, -0.2) is 29.0 Å². The molecule has 0 unspecified atom stereocenters. The Bertz CT molecular complexity index is 886. The van der Waals surface area contributed by atoms with Crippen molar-refractivity contribution < 1.29 is 9.53 Å². The zero-order valence-corrected chi connectivity index (χ0v) is 17.0. The summed E-state index contributed by atoms with van der Waals surface area (Å²) in [5, 5.41) is 14.9. The Hall–Kier alpha value is -2.10. The summed E-state index contributed by atoms with van der Waals surface area (Å²) < 4.78 is 6.70. The van der Waals surface area contributed by atoms with E-state index in [-0.39, 0.29) is 11.7 Å². The normalized spacial score (nSPS) is 10.4. The van der Waals surface area contributed by atoms with Crippen molar-refractivity contribution in [1.29, 1.82) is 0 Å². The number of thioether (sulfide) groups is 1. The van der Waals surface area contributed by atoms with Gasteiger partial charge in [0.15, 0.2) is 4.34 Å². The standard InChI is InChI=1S/C17H15BrN4O2S2/c1-24-12-8-6-11(7-9-12)19-16-21-22-17(26-16)25-10-15(23)20-14-5-3-2-4-13(14)18/h2-9H,10H2,1H3,(H,19,21)(H,20,23). The highest BCUT2D eigenvalue weighted by atomic mass is 79.9. The number of nitrogens with one attached hydrogen (secondary N) is 2. The van der Waals surface area contributed by atoms with Gasteiger partial charge in [-0.3, -0.25) is 4.79 Å². The Kier molecular flexibility index (Phi) is 6.48. The van der Waals surface area contributed by atoms with Crippen molar-refractivity contribution in [2.24, 2.45) is 0 Å². The number of hydrogen-bond donors (Lipinski definition) is 2. The summed E-state index contributed by atoms with van der Waals surface area (Å²) in [6.45, 7) is 0. The molecule has 1 amide bonds. The van der Waals surface area contributed by atoms with Gasteiger partial charge in [0, 0.05) is 10.2 Å². The van der Waals surface area contributed by atoms with E-state index in [2.05, 4.69) is 36.8 Å². The third kappa shape index (κ3) is 5.20. The van der Waals surface area contributed by atoms with Gasteiger partial charge in [-0.1, -0.05) is 35.2 Å². The van der Waals surface area contributed by atoms with Crippen LogP contribution in [-0.2, 0) is 4.79 Å². The number of ether oxygens (including phenoxy) is 1. The molecule has 0 bridgehead atoms. The highest BCUT2D eigenvalue weighted by Gasteiger charge is 2.10. The lowest BCUT2D eigenvalue weighted by Gasteiger charge is -2.05. The number of methoxy groups -OCH3 is 1. The highest BCUT2D eigenvalue weighted by molar-refractivity contribution is 9.10. The van der Waals surface area contributed by atoms with Crippen LogP contribution in [0.15, 0.2) is 57.3 Å². The SMILES string of the molecule is COc1ccc(Nc2nnc(SCC(=O)Nc3ccccc3Br)s2)cc1. The Morgan fingerprint density at radius 3 is 2.69 bits per heavy atom. The van der Waals surface area contributed by atoms with E-state index in [1.54, 1.807) is 7.11 Å². The summed E-state index contributed by atoms with van der Waals surface area (Å²) in [5.74, 6) is 0.959. The number of carbonyl (C=O) groups is 1. The topological polar surface area (TPSA) is 76.1 Å². The predicted molar refractivity (Wildman–Crippen MR) is 110 cm³/mol. The molecule has 2 aromatic carbocycles. The number of amides is 1. The van der Waals surface area contributed by atoms with Crippen LogP contribution >= 0.6 is 39.0 Å². The number of rotatable bonds is 7. The van der Waals surface area contributed by atoms with Gasteiger partial charge in [-0.05, 0) is 52.3 Å². The van der Waals surface area contributed by atoms with E-state index in [1.165, 1.54) is 23.1 Å². The van der Waals surface area contributed by atoms with Crippen molar-refractivity contribution in [3.63, 3.8) is 0 Å². The molecule has 0 aliphatic rings. The molecule has 2 N–H and O–H groups in total. The first kappa shape index (κ1) is 18.7. The van der Waals surface area contributed by atoms with Gasteiger partial charge >= 0.3 is 0 Å². The van der Waals surface area contributed by atoms with Gasteiger partial charge in [0.05, 0.1) is 18.6 Å². The van der Waals surface area contributed by atoms with Crippen molar-refractivity contribution in [3.05, 3.63) is 53.0 Å². The Morgan fingerprint density at radius 2 is 1.96 bits per heavy atom. The van der Waals surface area contributed by atoms with E-state index in [0.717, 1.165) is 25.9 Å². The van der Waals surface area contributed by atoms with Crippen molar-refractivity contribution >= 4 is 61.4 Å². The maximum absolute atomic E-state index is 12.1. The molecule has 0 aliphatic carbocycles. The molecule has 0 aliphatic heterocycles. The first-order chi connectivity index (χ1) is 12.6. The highest BCUT2D eigenvalue weighted by Crippen LogP contribution is 2.28. The largest absolute Gasteiger partial charge is 0.497 e. The molecule has 0 radical (unpaired) electrons.